The molecule has 2 aromatic rings. The van der Waals surface area contributed by atoms with Crippen LogP contribution in [0.3, 0.4) is 0 Å². The Hall–Kier alpha value is -1.30. The van der Waals surface area contributed by atoms with Crippen molar-refractivity contribution in [1.82, 2.24) is 5.43 Å². The van der Waals surface area contributed by atoms with Gasteiger partial charge in [-0.25, -0.2) is 14.2 Å². The molecule has 0 saturated carbocycles. The van der Waals surface area contributed by atoms with Crippen molar-refractivity contribution in [2.45, 2.75) is 6.04 Å². The largest absolute Gasteiger partial charge is 0.271 e. The van der Waals surface area contributed by atoms with Crippen molar-refractivity contribution >= 4 is 11.3 Å². The van der Waals surface area contributed by atoms with Gasteiger partial charge in [0.1, 0.15) is 11.6 Å². The van der Waals surface area contributed by atoms with E-state index >= 15 is 0 Å². The molecule has 0 fully saturated rings. The van der Waals surface area contributed by atoms with Gasteiger partial charge in [-0.05, 0) is 29.6 Å². The Morgan fingerprint density at radius 2 is 2.06 bits per heavy atom. The molecule has 84 valence electrons. The summed E-state index contributed by atoms with van der Waals surface area (Å²) >= 11 is 1.43. The van der Waals surface area contributed by atoms with E-state index in [2.05, 4.69) is 5.43 Å². The van der Waals surface area contributed by atoms with Gasteiger partial charge in [-0.2, -0.15) is 0 Å². The number of nitrogens with one attached hydrogen (secondary N) is 1. The van der Waals surface area contributed by atoms with Crippen LogP contribution in [0.4, 0.5) is 8.78 Å². The Morgan fingerprint density at radius 3 is 2.69 bits per heavy atom. The standard InChI is InChI=1S/C11H10F2N2S/c12-7-3-4-9(13)8(6-7)11(15-14)10-2-1-5-16-10/h1-6,11,15H,14H2. The van der Waals surface area contributed by atoms with Crippen molar-refractivity contribution in [3.63, 3.8) is 0 Å². The number of halogens is 2. The highest BCUT2D eigenvalue weighted by molar-refractivity contribution is 7.10. The van der Waals surface area contributed by atoms with Gasteiger partial charge < -0.3 is 0 Å². The van der Waals surface area contributed by atoms with E-state index in [1.165, 1.54) is 11.3 Å². The van der Waals surface area contributed by atoms with Gasteiger partial charge in [0.25, 0.3) is 0 Å². The summed E-state index contributed by atoms with van der Waals surface area (Å²) in [6.07, 6.45) is 0. The first-order chi connectivity index (χ1) is 7.72. The van der Waals surface area contributed by atoms with Crippen LogP contribution in [0.25, 0.3) is 0 Å². The van der Waals surface area contributed by atoms with Crippen molar-refractivity contribution in [1.29, 1.82) is 0 Å². The molecular formula is C11H10F2N2S. The summed E-state index contributed by atoms with van der Waals surface area (Å²) in [4.78, 5) is 0.840. The Labute approximate surface area is 95.7 Å². The summed E-state index contributed by atoms with van der Waals surface area (Å²) in [7, 11) is 0. The van der Waals surface area contributed by atoms with Crippen molar-refractivity contribution in [3.05, 3.63) is 57.8 Å². The third-order valence-corrected chi connectivity index (χ3v) is 3.20. The van der Waals surface area contributed by atoms with E-state index in [9.17, 15) is 8.78 Å². The van der Waals surface area contributed by atoms with E-state index in [-0.39, 0.29) is 5.56 Å². The molecule has 0 radical (unpaired) electrons. The molecule has 0 spiro atoms. The van der Waals surface area contributed by atoms with Crippen LogP contribution in [0.5, 0.6) is 0 Å². The summed E-state index contributed by atoms with van der Waals surface area (Å²) in [5, 5.41) is 1.86. The molecule has 1 aromatic carbocycles. The van der Waals surface area contributed by atoms with E-state index in [0.29, 0.717) is 0 Å². The molecule has 1 aromatic heterocycles. The Bertz CT molecular complexity index is 471. The zero-order valence-corrected chi connectivity index (χ0v) is 9.10. The first-order valence-electron chi connectivity index (χ1n) is 4.67. The molecule has 1 heterocycles. The Morgan fingerprint density at radius 1 is 1.25 bits per heavy atom. The van der Waals surface area contributed by atoms with Crippen molar-refractivity contribution in [2.24, 2.45) is 5.84 Å². The number of benzene rings is 1. The van der Waals surface area contributed by atoms with Gasteiger partial charge in [-0.1, -0.05) is 6.07 Å². The quantitative estimate of drug-likeness (QED) is 0.639. The van der Waals surface area contributed by atoms with Gasteiger partial charge >= 0.3 is 0 Å². The molecule has 0 amide bonds. The predicted molar refractivity (Wildman–Crippen MR) is 59.8 cm³/mol. The van der Waals surface area contributed by atoms with E-state index in [4.69, 9.17) is 5.84 Å². The maximum atomic E-state index is 13.5. The third kappa shape index (κ3) is 2.11. The molecule has 5 heteroatoms. The lowest BCUT2D eigenvalue weighted by molar-refractivity contribution is 0.549. The second kappa shape index (κ2) is 4.69. The number of thiophene rings is 1. The number of nitrogens with two attached hydrogens (primary N) is 1. The summed E-state index contributed by atoms with van der Waals surface area (Å²) in [5.74, 6) is 4.43. The van der Waals surface area contributed by atoms with Gasteiger partial charge in [0.2, 0.25) is 0 Å². The van der Waals surface area contributed by atoms with E-state index in [1.807, 2.05) is 17.5 Å². The molecule has 2 nitrogen and oxygen atoms in total. The zero-order valence-electron chi connectivity index (χ0n) is 8.28. The van der Waals surface area contributed by atoms with Crippen LogP contribution in [-0.2, 0) is 0 Å². The average molecular weight is 240 g/mol. The fraction of sp³-hybridized carbons (Fsp3) is 0.0909. The van der Waals surface area contributed by atoms with Gasteiger partial charge in [-0.15, -0.1) is 11.3 Å². The number of hydrazine groups is 1. The van der Waals surface area contributed by atoms with Crippen LogP contribution < -0.4 is 11.3 Å². The minimum atomic E-state index is -0.518. The molecule has 0 bridgehead atoms. The lowest BCUT2D eigenvalue weighted by Gasteiger charge is -2.15. The molecule has 0 aliphatic carbocycles. The van der Waals surface area contributed by atoms with Crippen LogP contribution in [0.2, 0.25) is 0 Å². The van der Waals surface area contributed by atoms with Crippen LogP contribution >= 0.6 is 11.3 Å². The van der Waals surface area contributed by atoms with E-state index < -0.39 is 17.7 Å². The topological polar surface area (TPSA) is 38.0 Å². The molecule has 0 aliphatic rings. The molecule has 3 N–H and O–H groups in total. The average Bonchev–Trinajstić information content (AvgIpc) is 2.78. The minimum Gasteiger partial charge on any atom is -0.271 e. The number of hydrogen-bond acceptors (Lipinski definition) is 3. The summed E-state index contributed by atoms with van der Waals surface area (Å²) in [6.45, 7) is 0. The summed E-state index contributed by atoms with van der Waals surface area (Å²) < 4.78 is 26.6. The molecule has 1 unspecified atom stereocenters. The molecule has 2 rings (SSSR count). The smallest absolute Gasteiger partial charge is 0.128 e. The lowest BCUT2D eigenvalue weighted by atomic mass is 10.1. The molecule has 1 atom stereocenters. The van der Waals surface area contributed by atoms with Gasteiger partial charge in [-0.3, -0.25) is 5.84 Å². The van der Waals surface area contributed by atoms with Gasteiger partial charge in [0.05, 0.1) is 6.04 Å². The second-order valence-corrected chi connectivity index (χ2v) is 4.26. The van der Waals surface area contributed by atoms with Gasteiger partial charge in [0.15, 0.2) is 0 Å². The highest BCUT2D eigenvalue weighted by Crippen LogP contribution is 2.27. The minimum absolute atomic E-state index is 0.213. The van der Waals surface area contributed by atoms with E-state index in [1.54, 1.807) is 0 Å². The zero-order chi connectivity index (χ0) is 11.5. The van der Waals surface area contributed by atoms with Crippen LogP contribution in [-0.4, -0.2) is 0 Å². The normalized spacial score (nSPS) is 12.7. The van der Waals surface area contributed by atoms with Crippen molar-refractivity contribution in [3.8, 4) is 0 Å². The fourth-order valence-corrected chi connectivity index (χ4v) is 2.32. The van der Waals surface area contributed by atoms with Crippen LogP contribution in [0.15, 0.2) is 35.7 Å². The summed E-state index contributed by atoms with van der Waals surface area (Å²) in [6, 6.07) is 6.47. The van der Waals surface area contributed by atoms with Crippen LogP contribution in [0, 0.1) is 11.6 Å². The second-order valence-electron chi connectivity index (χ2n) is 3.28. The van der Waals surface area contributed by atoms with Gasteiger partial charge in [0, 0.05) is 10.4 Å². The molecule has 16 heavy (non-hydrogen) atoms. The highest BCUT2D eigenvalue weighted by atomic mass is 32.1. The highest BCUT2D eigenvalue weighted by Gasteiger charge is 2.17. The maximum absolute atomic E-state index is 13.5. The molecule has 0 aliphatic heterocycles. The summed E-state index contributed by atoms with van der Waals surface area (Å²) in [5.41, 5.74) is 2.71. The number of hydrogen-bond donors (Lipinski definition) is 2. The predicted octanol–water partition coefficient (Wildman–Crippen LogP) is 2.58. The third-order valence-electron chi connectivity index (χ3n) is 2.26. The first-order valence-corrected chi connectivity index (χ1v) is 5.55. The first kappa shape index (κ1) is 11.2. The van der Waals surface area contributed by atoms with Crippen molar-refractivity contribution in [2.75, 3.05) is 0 Å². The Balaban J connectivity index is 2.44. The van der Waals surface area contributed by atoms with Crippen LogP contribution in [0.1, 0.15) is 16.5 Å². The number of rotatable bonds is 3. The van der Waals surface area contributed by atoms with E-state index in [0.717, 1.165) is 23.1 Å². The SMILES string of the molecule is NNC(c1cccs1)c1cc(F)ccc1F. The monoisotopic (exact) mass is 240 g/mol. The van der Waals surface area contributed by atoms with Crippen molar-refractivity contribution < 1.29 is 8.78 Å². The fourth-order valence-electron chi connectivity index (χ4n) is 1.52. The molecule has 0 saturated heterocycles. The molecular weight excluding hydrogens is 230 g/mol. The lowest BCUT2D eigenvalue weighted by Crippen LogP contribution is -2.29. The Kier molecular flexibility index (Phi) is 3.28. The maximum Gasteiger partial charge on any atom is 0.128 e.